The number of nitrogens with two attached hydrogens (primary N) is 1. The molecule has 1 aromatic carbocycles. The van der Waals surface area contributed by atoms with E-state index in [1.807, 2.05) is 19.9 Å². The lowest BCUT2D eigenvalue weighted by atomic mass is 10.1. The van der Waals surface area contributed by atoms with Gasteiger partial charge in [0, 0.05) is 20.8 Å². The third kappa shape index (κ3) is 4.03. The zero-order chi connectivity index (χ0) is 13.8. The Morgan fingerprint density at radius 1 is 1.16 bits per heavy atom. The van der Waals surface area contributed by atoms with Crippen LogP contribution in [0.2, 0.25) is 0 Å². The van der Waals surface area contributed by atoms with Crippen LogP contribution in [0, 0.1) is 13.8 Å². The molecule has 0 aliphatic carbocycles. The lowest BCUT2D eigenvalue weighted by Crippen LogP contribution is -2.03. The van der Waals surface area contributed by atoms with Gasteiger partial charge in [-0.1, -0.05) is 22.0 Å². The van der Waals surface area contributed by atoms with Crippen molar-refractivity contribution >= 4 is 27.7 Å². The van der Waals surface area contributed by atoms with E-state index in [9.17, 15) is 0 Å². The third-order valence-electron chi connectivity index (χ3n) is 2.61. The van der Waals surface area contributed by atoms with E-state index in [4.69, 9.17) is 5.73 Å². The molecule has 0 aliphatic heterocycles. The minimum Gasteiger partial charge on any atom is -0.330 e. The van der Waals surface area contributed by atoms with Crippen LogP contribution in [0.4, 0.5) is 0 Å². The molecule has 0 bridgehead atoms. The first kappa shape index (κ1) is 14.5. The van der Waals surface area contributed by atoms with Crippen molar-refractivity contribution in [3.05, 3.63) is 45.7 Å². The van der Waals surface area contributed by atoms with Gasteiger partial charge in [-0.25, -0.2) is 9.97 Å². The predicted molar refractivity (Wildman–Crippen MR) is 82.5 cm³/mol. The van der Waals surface area contributed by atoms with Gasteiger partial charge in [0.25, 0.3) is 0 Å². The zero-order valence-corrected chi connectivity index (χ0v) is 13.4. The highest BCUT2D eigenvalue weighted by Crippen LogP contribution is 2.29. The second-order valence-corrected chi connectivity index (χ2v) is 6.22. The Bertz CT molecular complexity index is 567. The Morgan fingerprint density at radius 3 is 2.42 bits per heavy atom. The number of benzene rings is 1. The molecule has 0 saturated carbocycles. The second kappa shape index (κ2) is 6.50. The Kier molecular flexibility index (Phi) is 4.96. The number of halogens is 1. The summed E-state index contributed by atoms with van der Waals surface area (Å²) in [5.74, 6) is 0. The van der Waals surface area contributed by atoms with Crippen LogP contribution in [0.3, 0.4) is 0 Å². The topological polar surface area (TPSA) is 51.8 Å². The van der Waals surface area contributed by atoms with Gasteiger partial charge in [0.2, 0.25) is 0 Å². The number of rotatable bonds is 4. The predicted octanol–water partition coefficient (Wildman–Crippen LogP) is 3.51. The first-order valence-corrected chi connectivity index (χ1v) is 7.68. The van der Waals surface area contributed by atoms with Gasteiger partial charge in [-0.15, -0.1) is 0 Å². The fourth-order valence-corrected chi connectivity index (χ4v) is 3.43. The Labute approximate surface area is 126 Å². The summed E-state index contributed by atoms with van der Waals surface area (Å²) < 4.78 is 1.09. The summed E-state index contributed by atoms with van der Waals surface area (Å²) in [7, 11) is 0. The monoisotopic (exact) mass is 337 g/mol. The molecule has 3 nitrogen and oxygen atoms in total. The molecule has 5 heteroatoms. The van der Waals surface area contributed by atoms with Crippen LogP contribution in [0.25, 0.3) is 0 Å². The van der Waals surface area contributed by atoms with Gasteiger partial charge < -0.3 is 5.73 Å². The van der Waals surface area contributed by atoms with E-state index < -0.39 is 0 Å². The summed E-state index contributed by atoms with van der Waals surface area (Å²) in [4.78, 5) is 9.99. The standard InChI is InChI=1S/C14H16BrN3S/c1-9-7-10(2)18-14(17-9)19-12-4-3-11(5-6-16)13(15)8-12/h3-4,7-8H,5-6,16H2,1-2H3. The quantitative estimate of drug-likeness (QED) is 0.867. The second-order valence-electron chi connectivity index (χ2n) is 4.33. The summed E-state index contributed by atoms with van der Waals surface area (Å²) in [6.07, 6.45) is 0.881. The molecule has 0 amide bonds. The van der Waals surface area contributed by atoms with Gasteiger partial charge in [-0.05, 0) is 62.3 Å². The maximum atomic E-state index is 5.58. The van der Waals surface area contributed by atoms with E-state index in [1.165, 1.54) is 5.56 Å². The fourth-order valence-electron chi connectivity index (χ4n) is 1.79. The smallest absolute Gasteiger partial charge is 0.192 e. The maximum absolute atomic E-state index is 5.58. The van der Waals surface area contributed by atoms with Crippen molar-refractivity contribution in [2.45, 2.75) is 30.3 Å². The number of aromatic nitrogens is 2. The molecular formula is C14H16BrN3S. The minimum absolute atomic E-state index is 0.658. The van der Waals surface area contributed by atoms with Crippen LogP contribution in [-0.4, -0.2) is 16.5 Å². The van der Waals surface area contributed by atoms with Crippen molar-refractivity contribution in [2.75, 3.05) is 6.54 Å². The molecule has 0 spiro atoms. The summed E-state index contributed by atoms with van der Waals surface area (Å²) in [5.41, 5.74) is 8.80. The largest absolute Gasteiger partial charge is 0.330 e. The van der Waals surface area contributed by atoms with E-state index in [0.29, 0.717) is 6.54 Å². The summed E-state index contributed by atoms with van der Waals surface area (Å²) in [6, 6.07) is 8.25. The highest BCUT2D eigenvalue weighted by molar-refractivity contribution is 9.10. The van der Waals surface area contributed by atoms with Gasteiger partial charge in [0.05, 0.1) is 0 Å². The van der Waals surface area contributed by atoms with E-state index in [1.54, 1.807) is 11.8 Å². The van der Waals surface area contributed by atoms with Crippen LogP contribution < -0.4 is 5.73 Å². The first-order valence-electron chi connectivity index (χ1n) is 6.07. The summed E-state index contributed by atoms with van der Waals surface area (Å²) in [6.45, 7) is 4.63. The highest BCUT2D eigenvalue weighted by Gasteiger charge is 2.05. The average Bonchev–Trinajstić information content (AvgIpc) is 2.31. The van der Waals surface area contributed by atoms with E-state index in [-0.39, 0.29) is 0 Å². The van der Waals surface area contributed by atoms with Crippen LogP contribution in [0.5, 0.6) is 0 Å². The van der Waals surface area contributed by atoms with Crippen molar-refractivity contribution in [1.29, 1.82) is 0 Å². The third-order valence-corrected chi connectivity index (χ3v) is 4.20. The summed E-state index contributed by atoms with van der Waals surface area (Å²) >= 11 is 5.15. The molecule has 0 saturated heterocycles. The van der Waals surface area contributed by atoms with Crippen molar-refractivity contribution in [2.24, 2.45) is 5.73 Å². The van der Waals surface area contributed by atoms with E-state index >= 15 is 0 Å². The Morgan fingerprint density at radius 2 is 1.84 bits per heavy atom. The zero-order valence-electron chi connectivity index (χ0n) is 11.0. The molecule has 0 aliphatic rings. The van der Waals surface area contributed by atoms with E-state index in [0.717, 1.165) is 32.3 Å². The Balaban J connectivity index is 2.21. The molecule has 0 fully saturated rings. The molecule has 0 radical (unpaired) electrons. The van der Waals surface area contributed by atoms with Crippen molar-refractivity contribution in [3.8, 4) is 0 Å². The van der Waals surface area contributed by atoms with Crippen LogP contribution in [-0.2, 0) is 6.42 Å². The molecule has 19 heavy (non-hydrogen) atoms. The fraction of sp³-hybridized carbons (Fsp3) is 0.286. The molecule has 1 aromatic heterocycles. The normalized spacial score (nSPS) is 10.7. The molecule has 0 atom stereocenters. The molecule has 100 valence electrons. The average molecular weight is 338 g/mol. The van der Waals surface area contributed by atoms with Crippen LogP contribution in [0.1, 0.15) is 17.0 Å². The van der Waals surface area contributed by atoms with Crippen molar-refractivity contribution in [1.82, 2.24) is 9.97 Å². The molecule has 0 unspecified atom stereocenters. The number of hydrogen-bond donors (Lipinski definition) is 1. The number of aryl methyl sites for hydroxylation is 2. The molecule has 1 heterocycles. The van der Waals surface area contributed by atoms with Gasteiger partial charge in [0.15, 0.2) is 5.16 Å². The lowest BCUT2D eigenvalue weighted by molar-refractivity contribution is 0.901. The summed E-state index contributed by atoms with van der Waals surface area (Å²) in [5, 5.41) is 0.788. The molecule has 2 N–H and O–H groups in total. The van der Waals surface area contributed by atoms with Gasteiger partial charge >= 0.3 is 0 Å². The van der Waals surface area contributed by atoms with Crippen molar-refractivity contribution < 1.29 is 0 Å². The maximum Gasteiger partial charge on any atom is 0.192 e. The molecule has 2 aromatic rings. The first-order chi connectivity index (χ1) is 9.08. The SMILES string of the molecule is Cc1cc(C)nc(Sc2ccc(CCN)c(Br)c2)n1. The number of hydrogen-bond acceptors (Lipinski definition) is 4. The van der Waals surface area contributed by atoms with Crippen molar-refractivity contribution in [3.63, 3.8) is 0 Å². The highest BCUT2D eigenvalue weighted by atomic mass is 79.9. The van der Waals surface area contributed by atoms with Gasteiger partial charge in [-0.2, -0.15) is 0 Å². The lowest BCUT2D eigenvalue weighted by Gasteiger charge is -2.06. The minimum atomic E-state index is 0.658. The van der Waals surface area contributed by atoms with Crippen LogP contribution in [0.15, 0.2) is 38.8 Å². The Hall–Kier alpha value is -0.910. The molecular weight excluding hydrogens is 322 g/mol. The molecule has 2 rings (SSSR count). The number of nitrogens with zero attached hydrogens (tertiary/aromatic N) is 2. The van der Waals surface area contributed by atoms with Crippen LogP contribution >= 0.6 is 27.7 Å². The van der Waals surface area contributed by atoms with E-state index in [2.05, 4.69) is 44.1 Å². The van der Waals surface area contributed by atoms with Gasteiger partial charge in [-0.3, -0.25) is 0 Å². The van der Waals surface area contributed by atoms with Gasteiger partial charge in [0.1, 0.15) is 0 Å².